The quantitative estimate of drug-likeness (QED) is 0.243. The molecule has 2 aliphatic heterocycles. The van der Waals surface area contributed by atoms with E-state index < -0.39 is 14.2 Å². The Hall–Kier alpha value is -2.11. The molecule has 2 unspecified atom stereocenters. The lowest BCUT2D eigenvalue weighted by atomic mass is 9.77. The Balaban J connectivity index is 1.33. The number of ether oxygens (including phenoxy) is 2. The molecule has 2 heterocycles. The van der Waals surface area contributed by atoms with E-state index in [1.165, 1.54) is 0 Å². The molecule has 0 radical (unpaired) electrons. The molecule has 6 N–H and O–H groups in total. The van der Waals surface area contributed by atoms with E-state index in [1.54, 1.807) is 0 Å². The van der Waals surface area contributed by atoms with Gasteiger partial charge < -0.3 is 45.0 Å². The molecule has 0 saturated heterocycles. The molecule has 0 spiro atoms. The first-order valence-corrected chi connectivity index (χ1v) is 11.3. The van der Waals surface area contributed by atoms with Gasteiger partial charge in [-0.1, -0.05) is 24.3 Å². The zero-order valence-electron chi connectivity index (χ0n) is 18.5. The number of hydrogen-bond acceptors (Lipinski definition) is 9. The molecule has 0 aromatic heterocycles. The highest BCUT2D eigenvalue weighted by Crippen LogP contribution is 2.29. The molecule has 0 aliphatic carbocycles. The standard InChI is InChI=1S/C22H30B2N2O7/c25-13-19-15-5-1-7-17(21(15)23(28)32-19)30-11-4-12-31-24-22-16(20(14-26)33-24)6-2-8-18(22)29-10-3-9-27/h1-2,5-8,19-20,27-28H,3-4,9-14,25-26H2. The van der Waals surface area contributed by atoms with E-state index in [0.717, 1.165) is 16.6 Å². The molecule has 0 bridgehead atoms. The van der Waals surface area contributed by atoms with Gasteiger partial charge in [-0.05, 0) is 23.3 Å². The van der Waals surface area contributed by atoms with Crippen molar-refractivity contribution in [2.45, 2.75) is 25.0 Å². The third kappa shape index (κ3) is 5.20. The second-order valence-electron chi connectivity index (χ2n) is 7.92. The molecular formula is C22H30B2N2O7. The van der Waals surface area contributed by atoms with E-state index in [9.17, 15) is 5.02 Å². The Labute approximate surface area is 194 Å². The molecule has 2 aromatic rings. The smallest absolute Gasteiger partial charge is 0.494 e. The van der Waals surface area contributed by atoms with Gasteiger partial charge in [0.2, 0.25) is 0 Å². The summed E-state index contributed by atoms with van der Waals surface area (Å²) in [6, 6.07) is 11.3. The van der Waals surface area contributed by atoms with Crippen LogP contribution < -0.4 is 31.9 Å². The summed E-state index contributed by atoms with van der Waals surface area (Å²) in [6.45, 7) is 1.89. The molecule has 4 rings (SSSR count). The summed E-state index contributed by atoms with van der Waals surface area (Å²) in [4.78, 5) is 0. The Morgan fingerprint density at radius 2 is 1.42 bits per heavy atom. The van der Waals surface area contributed by atoms with E-state index in [2.05, 4.69) is 0 Å². The fourth-order valence-corrected chi connectivity index (χ4v) is 4.20. The highest BCUT2D eigenvalue weighted by Gasteiger charge is 2.40. The lowest BCUT2D eigenvalue weighted by Gasteiger charge is -2.14. The van der Waals surface area contributed by atoms with Crippen molar-refractivity contribution < 1.29 is 33.6 Å². The van der Waals surface area contributed by atoms with Crippen molar-refractivity contribution in [1.82, 2.24) is 0 Å². The maximum atomic E-state index is 10.2. The second-order valence-corrected chi connectivity index (χ2v) is 7.92. The van der Waals surface area contributed by atoms with Crippen LogP contribution in [0.15, 0.2) is 36.4 Å². The maximum Gasteiger partial charge on any atom is 0.498 e. The zero-order valence-corrected chi connectivity index (χ0v) is 18.5. The minimum Gasteiger partial charge on any atom is -0.494 e. The van der Waals surface area contributed by atoms with Crippen LogP contribution in [0.5, 0.6) is 11.5 Å². The van der Waals surface area contributed by atoms with Crippen LogP contribution >= 0.6 is 0 Å². The fraction of sp³-hybridized carbons (Fsp3) is 0.455. The van der Waals surface area contributed by atoms with Crippen LogP contribution in [0.2, 0.25) is 0 Å². The molecule has 2 aliphatic rings. The second kappa shape index (κ2) is 11.3. The van der Waals surface area contributed by atoms with Crippen LogP contribution in [-0.4, -0.2) is 63.9 Å². The first kappa shape index (κ1) is 24.0. The van der Waals surface area contributed by atoms with E-state index in [0.29, 0.717) is 62.7 Å². The van der Waals surface area contributed by atoms with E-state index in [-0.39, 0.29) is 18.8 Å². The number of aliphatic hydroxyl groups is 1. The highest BCUT2D eigenvalue weighted by molar-refractivity contribution is 6.64. The number of rotatable bonds is 12. The zero-order chi connectivity index (χ0) is 23.2. The Bertz CT molecular complexity index is 936. The van der Waals surface area contributed by atoms with Crippen LogP contribution in [0, 0.1) is 0 Å². The van der Waals surface area contributed by atoms with Crippen molar-refractivity contribution in [2.75, 3.05) is 39.5 Å². The number of hydrogen-bond donors (Lipinski definition) is 4. The summed E-state index contributed by atoms with van der Waals surface area (Å²) in [5.74, 6) is 1.27. The fourth-order valence-electron chi connectivity index (χ4n) is 4.20. The van der Waals surface area contributed by atoms with Crippen molar-refractivity contribution in [3.63, 3.8) is 0 Å². The number of benzene rings is 2. The number of fused-ring (bicyclic) bond motifs is 2. The summed E-state index contributed by atoms with van der Waals surface area (Å²) in [5.41, 5.74) is 14.9. The third-order valence-electron chi connectivity index (χ3n) is 5.76. The van der Waals surface area contributed by atoms with Gasteiger partial charge in [0.25, 0.3) is 0 Å². The van der Waals surface area contributed by atoms with Crippen molar-refractivity contribution >= 4 is 25.2 Å². The van der Waals surface area contributed by atoms with Crippen LogP contribution in [0.25, 0.3) is 0 Å². The lowest BCUT2D eigenvalue weighted by molar-refractivity contribution is 0.155. The summed E-state index contributed by atoms with van der Waals surface area (Å²) >= 11 is 0. The minimum absolute atomic E-state index is 0.0670. The molecule has 2 aromatic carbocycles. The lowest BCUT2D eigenvalue weighted by Crippen LogP contribution is -2.34. The predicted octanol–water partition coefficient (Wildman–Crippen LogP) is -0.624. The molecule has 0 fully saturated rings. The molecule has 0 amide bonds. The topological polar surface area (TPSA) is 139 Å². The van der Waals surface area contributed by atoms with Crippen LogP contribution in [-0.2, 0) is 14.0 Å². The SMILES string of the molecule is NCC1OB(O)c2c(OCCCOB3OC(CN)c4cccc(OCCCO)c43)cccc21. The molecule has 2 atom stereocenters. The van der Waals surface area contributed by atoms with Gasteiger partial charge in [0, 0.05) is 50.1 Å². The summed E-state index contributed by atoms with van der Waals surface area (Å²) in [6.07, 6.45) is 0.567. The van der Waals surface area contributed by atoms with Crippen LogP contribution in [0.1, 0.15) is 36.2 Å². The van der Waals surface area contributed by atoms with Crippen molar-refractivity contribution in [2.24, 2.45) is 11.5 Å². The summed E-state index contributed by atoms with van der Waals surface area (Å²) < 4.78 is 29.3. The number of aliphatic hydroxyl groups excluding tert-OH is 1. The average molecular weight is 456 g/mol. The predicted molar refractivity (Wildman–Crippen MR) is 125 cm³/mol. The van der Waals surface area contributed by atoms with Gasteiger partial charge in [0.1, 0.15) is 11.5 Å². The number of nitrogens with two attached hydrogens (primary N) is 2. The Morgan fingerprint density at radius 3 is 2.09 bits per heavy atom. The van der Waals surface area contributed by atoms with Gasteiger partial charge >= 0.3 is 14.2 Å². The maximum absolute atomic E-state index is 10.2. The van der Waals surface area contributed by atoms with Gasteiger partial charge in [0.15, 0.2) is 0 Å². The van der Waals surface area contributed by atoms with Gasteiger partial charge in [-0.15, -0.1) is 0 Å². The molecule has 0 saturated carbocycles. The molecule has 33 heavy (non-hydrogen) atoms. The minimum atomic E-state index is -1.04. The Morgan fingerprint density at radius 1 is 0.818 bits per heavy atom. The summed E-state index contributed by atoms with van der Waals surface area (Å²) in [5, 5.41) is 19.2. The first-order valence-electron chi connectivity index (χ1n) is 11.3. The van der Waals surface area contributed by atoms with Crippen LogP contribution in [0.4, 0.5) is 0 Å². The van der Waals surface area contributed by atoms with Crippen molar-refractivity contribution in [1.29, 1.82) is 0 Å². The third-order valence-corrected chi connectivity index (χ3v) is 5.76. The monoisotopic (exact) mass is 456 g/mol. The average Bonchev–Trinajstić information content (AvgIpc) is 3.37. The first-order chi connectivity index (χ1) is 16.2. The molecule has 11 heteroatoms. The van der Waals surface area contributed by atoms with Crippen molar-refractivity contribution in [3.8, 4) is 11.5 Å². The van der Waals surface area contributed by atoms with Gasteiger partial charge in [-0.3, -0.25) is 0 Å². The van der Waals surface area contributed by atoms with Crippen LogP contribution in [0.3, 0.4) is 0 Å². The van der Waals surface area contributed by atoms with E-state index >= 15 is 0 Å². The van der Waals surface area contributed by atoms with E-state index in [4.69, 9.17) is 40.0 Å². The van der Waals surface area contributed by atoms with E-state index in [1.807, 2.05) is 36.4 Å². The van der Waals surface area contributed by atoms with Gasteiger partial charge in [0.05, 0.1) is 25.4 Å². The van der Waals surface area contributed by atoms with Crippen molar-refractivity contribution in [3.05, 3.63) is 47.5 Å². The highest BCUT2D eigenvalue weighted by atomic mass is 16.6. The van der Waals surface area contributed by atoms with Gasteiger partial charge in [-0.25, -0.2) is 0 Å². The molecule has 9 nitrogen and oxygen atoms in total. The Kier molecular flexibility index (Phi) is 8.26. The molecule has 176 valence electrons. The van der Waals surface area contributed by atoms with Gasteiger partial charge in [-0.2, -0.15) is 0 Å². The largest absolute Gasteiger partial charge is 0.498 e. The molecular weight excluding hydrogens is 426 g/mol. The summed E-state index contributed by atoms with van der Waals surface area (Å²) in [7, 11) is -1.62. The normalized spacial score (nSPS) is 19.0.